The molecule has 0 aliphatic rings. The van der Waals surface area contributed by atoms with E-state index < -0.39 is 11.7 Å². The lowest BCUT2D eigenvalue weighted by molar-refractivity contribution is -0.137. The maximum Gasteiger partial charge on any atom is 0.416 e. The van der Waals surface area contributed by atoms with E-state index in [4.69, 9.17) is 16.3 Å². The minimum absolute atomic E-state index is 0.527. The smallest absolute Gasteiger partial charge is 0.416 e. The van der Waals surface area contributed by atoms with Crippen molar-refractivity contribution in [3.05, 3.63) is 71.2 Å². The molecule has 142 valence electrons. The van der Waals surface area contributed by atoms with Crippen molar-refractivity contribution in [3.8, 4) is 5.75 Å². The Labute approximate surface area is 163 Å². The van der Waals surface area contributed by atoms with Gasteiger partial charge in [0.1, 0.15) is 5.75 Å². The molecule has 3 aromatic carbocycles. The van der Waals surface area contributed by atoms with Gasteiger partial charge in [-0.15, -0.1) is 0 Å². The molecule has 28 heavy (non-hydrogen) atoms. The zero-order chi connectivity index (χ0) is 19.9. The topological polar surface area (TPSA) is 34.1 Å². The molecule has 3 nitrogen and oxygen atoms in total. The van der Waals surface area contributed by atoms with Crippen molar-refractivity contribution >= 4 is 44.8 Å². The summed E-state index contributed by atoms with van der Waals surface area (Å²) in [5.41, 5.74) is 1.94. The van der Waals surface area contributed by atoms with Gasteiger partial charge >= 0.3 is 6.18 Å². The van der Waals surface area contributed by atoms with E-state index in [2.05, 4.69) is 10.3 Å². The fraction of sp³-hybridized carbons (Fsp3) is 0.0952. The molecule has 0 bridgehead atoms. The summed E-state index contributed by atoms with van der Waals surface area (Å²) in [4.78, 5) is 4.63. The van der Waals surface area contributed by atoms with Crippen molar-refractivity contribution < 1.29 is 17.9 Å². The molecule has 0 atom stereocenters. The number of aromatic nitrogens is 1. The first-order valence-electron chi connectivity index (χ1n) is 8.36. The first-order valence-corrected chi connectivity index (χ1v) is 8.74. The minimum atomic E-state index is -4.38. The number of benzene rings is 3. The van der Waals surface area contributed by atoms with Gasteiger partial charge in [0.2, 0.25) is 0 Å². The second-order valence-electron chi connectivity index (χ2n) is 6.23. The number of anilines is 2. The van der Waals surface area contributed by atoms with Crippen molar-refractivity contribution in [1.29, 1.82) is 0 Å². The predicted octanol–water partition coefficient (Wildman–Crippen LogP) is 6.81. The van der Waals surface area contributed by atoms with Crippen molar-refractivity contribution in [2.45, 2.75) is 6.18 Å². The quantitative estimate of drug-likeness (QED) is 0.382. The third-order valence-electron chi connectivity index (χ3n) is 4.42. The number of fused-ring (bicyclic) bond motifs is 2. The second kappa shape index (κ2) is 6.87. The van der Waals surface area contributed by atoms with E-state index in [0.29, 0.717) is 27.5 Å². The maximum atomic E-state index is 12.8. The van der Waals surface area contributed by atoms with Crippen LogP contribution in [0.3, 0.4) is 0 Å². The number of hydrogen-bond acceptors (Lipinski definition) is 3. The average molecular weight is 403 g/mol. The fourth-order valence-electron chi connectivity index (χ4n) is 3.04. The van der Waals surface area contributed by atoms with Crippen LogP contribution in [0.5, 0.6) is 5.75 Å². The maximum absolute atomic E-state index is 12.8. The number of rotatable bonds is 3. The van der Waals surface area contributed by atoms with E-state index >= 15 is 0 Å². The first-order chi connectivity index (χ1) is 13.3. The highest BCUT2D eigenvalue weighted by Gasteiger charge is 2.30. The summed E-state index contributed by atoms with van der Waals surface area (Å²) < 4.78 is 43.8. The molecule has 7 heteroatoms. The van der Waals surface area contributed by atoms with E-state index in [0.717, 1.165) is 28.6 Å². The van der Waals surface area contributed by atoms with Crippen LogP contribution in [0, 0.1) is 0 Å². The zero-order valence-corrected chi connectivity index (χ0v) is 15.4. The molecule has 0 spiro atoms. The second-order valence-corrected chi connectivity index (χ2v) is 6.67. The summed E-state index contributed by atoms with van der Waals surface area (Å²) >= 11 is 6.10. The molecule has 0 aliphatic heterocycles. The van der Waals surface area contributed by atoms with Crippen LogP contribution in [0.15, 0.2) is 60.7 Å². The molecule has 1 aromatic heterocycles. The third-order valence-corrected chi connectivity index (χ3v) is 4.66. The molecule has 0 saturated heterocycles. The number of pyridine rings is 1. The summed E-state index contributed by atoms with van der Waals surface area (Å²) in [7, 11) is 1.57. The van der Waals surface area contributed by atoms with E-state index in [1.165, 1.54) is 12.1 Å². The highest BCUT2D eigenvalue weighted by Crippen LogP contribution is 2.36. The largest absolute Gasteiger partial charge is 0.497 e. The summed E-state index contributed by atoms with van der Waals surface area (Å²) in [5.74, 6) is 0.651. The molecule has 0 radical (unpaired) electrons. The highest BCUT2D eigenvalue weighted by molar-refractivity contribution is 6.31. The normalized spacial score (nSPS) is 11.8. The Bertz CT molecular complexity index is 1170. The summed E-state index contributed by atoms with van der Waals surface area (Å²) in [5, 5.41) is 5.37. The first kappa shape index (κ1) is 18.4. The van der Waals surface area contributed by atoms with Gasteiger partial charge in [-0.1, -0.05) is 11.6 Å². The summed E-state index contributed by atoms with van der Waals surface area (Å²) in [6.07, 6.45) is -4.38. The van der Waals surface area contributed by atoms with Crippen LogP contribution in [-0.2, 0) is 6.18 Å². The Morgan fingerprint density at radius 2 is 1.64 bits per heavy atom. The molecule has 0 unspecified atom stereocenters. The van der Waals surface area contributed by atoms with Gasteiger partial charge in [-0.2, -0.15) is 13.2 Å². The van der Waals surface area contributed by atoms with Crippen LogP contribution < -0.4 is 10.1 Å². The molecule has 0 amide bonds. The fourth-order valence-corrected chi connectivity index (χ4v) is 3.21. The van der Waals surface area contributed by atoms with Gasteiger partial charge in [-0.25, -0.2) is 4.98 Å². The number of hydrogen-bond donors (Lipinski definition) is 1. The van der Waals surface area contributed by atoms with Crippen molar-refractivity contribution in [1.82, 2.24) is 4.98 Å². The molecule has 0 aliphatic carbocycles. The zero-order valence-electron chi connectivity index (χ0n) is 14.6. The molecular formula is C21H14ClF3N2O. The monoisotopic (exact) mass is 402 g/mol. The Morgan fingerprint density at radius 1 is 0.893 bits per heavy atom. The highest BCUT2D eigenvalue weighted by atomic mass is 35.5. The molecular weight excluding hydrogens is 389 g/mol. The van der Waals surface area contributed by atoms with Gasteiger partial charge in [-0.3, -0.25) is 0 Å². The SMILES string of the molecule is COc1ccc2nc3cc(Cl)ccc3c(Nc3ccc(C(F)(F)F)cc3)c2c1. The number of alkyl halides is 3. The molecule has 0 saturated carbocycles. The average Bonchev–Trinajstić information content (AvgIpc) is 2.67. The van der Waals surface area contributed by atoms with Gasteiger partial charge in [0.05, 0.1) is 29.4 Å². The van der Waals surface area contributed by atoms with Crippen LogP contribution in [0.4, 0.5) is 24.5 Å². The number of methoxy groups -OCH3 is 1. The molecule has 1 N–H and O–H groups in total. The van der Waals surface area contributed by atoms with Crippen molar-refractivity contribution in [3.63, 3.8) is 0 Å². The van der Waals surface area contributed by atoms with Crippen LogP contribution >= 0.6 is 11.6 Å². The number of halogens is 4. The Kier molecular flexibility index (Phi) is 4.51. The van der Waals surface area contributed by atoms with Gasteiger partial charge < -0.3 is 10.1 Å². The number of nitrogens with one attached hydrogen (secondary N) is 1. The van der Waals surface area contributed by atoms with Crippen LogP contribution in [-0.4, -0.2) is 12.1 Å². The van der Waals surface area contributed by atoms with Crippen LogP contribution in [0.25, 0.3) is 21.8 Å². The van der Waals surface area contributed by atoms with Gasteiger partial charge in [-0.05, 0) is 60.7 Å². The van der Waals surface area contributed by atoms with E-state index in [-0.39, 0.29) is 0 Å². The van der Waals surface area contributed by atoms with Gasteiger partial charge in [0.15, 0.2) is 0 Å². The van der Waals surface area contributed by atoms with E-state index in [1.54, 1.807) is 25.3 Å². The lowest BCUT2D eigenvalue weighted by atomic mass is 10.1. The Morgan fingerprint density at radius 3 is 2.32 bits per heavy atom. The number of nitrogens with zero attached hydrogens (tertiary/aromatic N) is 1. The lowest BCUT2D eigenvalue weighted by Gasteiger charge is -2.15. The van der Waals surface area contributed by atoms with Gasteiger partial charge in [0.25, 0.3) is 0 Å². The van der Waals surface area contributed by atoms with Crippen LogP contribution in [0.2, 0.25) is 5.02 Å². The minimum Gasteiger partial charge on any atom is -0.497 e. The third kappa shape index (κ3) is 3.43. The molecule has 4 rings (SSSR count). The summed E-state index contributed by atoms with van der Waals surface area (Å²) in [6.45, 7) is 0. The van der Waals surface area contributed by atoms with Crippen LogP contribution in [0.1, 0.15) is 5.56 Å². The lowest BCUT2D eigenvalue weighted by Crippen LogP contribution is -2.04. The Hall–Kier alpha value is -2.99. The summed E-state index contributed by atoms with van der Waals surface area (Å²) in [6, 6.07) is 15.7. The Balaban J connectivity index is 1.89. The standard InChI is InChI=1S/C21H14ClF3N2O/c1-28-15-7-9-18-17(11-15)20(16-8-4-13(22)10-19(16)27-18)26-14-5-2-12(3-6-14)21(23,24)25/h2-11H,1H3,(H,26,27). The van der Waals surface area contributed by atoms with E-state index in [9.17, 15) is 13.2 Å². The predicted molar refractivity (Wildman–Crippen MR) is 106 cm³/mol. The molecule has 1 heterocycles. The number of ether oxygens (including phenoxy) is 1. The van der Waals surface area contributed by atoms with Crippen molar-refractivity contribution in [2.24, 2.45) is 0 Å². The molecule has 4 aromatic rings. The molecule has 0 fully saturated rings. The van der Waals surface area contributed by atoms with E-state index in [1.807, 2.05) is 18.2 Å². The van der Waals surface area contributed by atoms with Gasteiger partial charge in [0, 0.05) is 21.5 Å². The van der Waals surface area contributed by atoms with Crippen molar-refractivity contribution in [2.75, 3.05) is 12.4 Å².